The maximum Gasteiger partial charge on any atom is 0.329 e. The Bertz CT molecular complexity index is 1210. The van der Waals surface area contributed by atoms with Gasteiger partial charge in [0.1, 0.15) is 23.9 Å². The number of halogens is 2. The molecule has 0 spiro atoms. The number of hydrogen-bond acceptors (Lipinski definition) is 3. The van der Waals surface area contributed by atoms with E-state index in [2.05, 4.69) is 21.2 Å². The van der Waals surface area contributed by atoms with Crippen molar-refractivity contribution >= 4 is 33.9 Å². The van der Waals surface area contributed by atoms with E-state index in [1.54, 1.807) is 18.2 Å². The van der Waals surface area contributed by atoms with Gasteiger partial charge in [-0.15, -0.1) is 0 Å². The van der Waals surface area contributed by atoms with Crippen molar-refractivity contribution in [1.82, 2.24) is 10.2 Å². The molecule has 3 aromatic carbocycles. The van der Waals surface area contributed by atoms with Crippen LogP contribution in [0.3, 0.4) is 0 Å². The monoisotopic (exact) mass is 494 g/mol. The zero-order chi connectivity index (χ0) is 22.7. The first kappa shape index (κ1) is 21.8. The maximum atomic E-state index is 13.1. The third kappa shape index (κ3) is 5.06. The predicted octanol–water partition coefficient (Wildman–Crippen LogP) is 5.57. The molecular weight excluding hydrogens is 475 g/mol. The van der Waals surface area contributed by atoms with Crippen molar-refractivity contribution in [3.8, 4) is 5.75 Å². The highest BCUT2D eigenvalue weighted by atomic mass is 79.9. The largest absolute Gasteiger partial charge is 0.488 e. The smallest absolute Gasteiger partial charge is 0.329 e. The Kier molecular flexibility index (Phi) is 6.37. The topological polar surface area (TPSA) is 58.6 Å². The van der Waals surface area contributed by atoms with Crippen LogP contribution in [0.15, 0.2) is 76.9 Å². The van der Waals surface area contributed by atoms with Gasteiger partial charge in [0.05, 0.1) is 6.54 Å². The molecular formula is C25H20BrFN2O3. The first-order valence-electron chi connectivity index (χ1n) is 9.96. The van der Waals surface area contributed by atoms with Crippen molar-refractivity contribution in [3.63, 3.8) is 0 Å². The molecule has 0 aromatic heterocycles. The van der Waals surface area contributed by atoms with E-state index in [9.17, 15) is 14.0 Å². The SMILES string of the molecule is Cc1cccc(COc2ccc(Br)cc2/C=C2/NC(=O)N(Cc3ccc(F)cc3)C2=O)c1. The lowest BCUT2D eigenvalue weighted by molar-refractivity contribution is -0.123. The summed E-state index contributed by atoms with van der Waals surface area (Å²) in [7, 11) is 0. The van der Waals surface area contributed by atoms with E-state index in [0.717, 1.165) is 20.5 Å². The number of amides is 3. The number of urea groups is 1. The minimum Gasteiger partial charge on any atom is -0.488 e. The Hall–Kier alpha value is -3.45. The number of ether oxygens (including phenoxy) is 1. The highest BCUT2D eigenvalue weighted by molar-refractivity contribution is 9.10. The number of nitrogens with zero attached hydrogens (tertiary/aromatic N) is 1. The van der Waals surface area contributed by atoms with E-state index in [0.29, 0.717) is 23.5 Å². The third-order valence-corrected chi connectivity index (χ3v) is 5.46. The number of carbonyl (C=O) groups excluding carboxylic acids is 2. The van der Waals surface area contributed by atoms with Crippen LogP contribution in [-0.2, 0) is 17.9 Å². The lowest BCUT2D eigenvalue weighted by Gasteiger charge is -2.12. The van der Waals surface area contributed by atoms with E-state index in [-0.39, 0.29) is 18.1 Å². The maximum absolute atomic E-state index is 13.1. The standard InChI is InChI=1S/C25H20BrFN2O3/c1-16-3-2-4-18(11-16)15-32-23-10-7-20(26)12-19(23)13-22-24(30)29(25(31)28-22)14-17-5-8-21(27)9-6-17/h2-13H,14-15H2,1H3,(H,28,31)/b22-13+. The summed E-state index contributed by atoms with van der Waals surface area (Å²) >= 11 is 3.44. The summed E-state index contributed by atoms with van der Waals surface area (Å²) in [6.45, 7) is 2.44. The second kappa shape index (κ2) is 9.36. The highest BCUT2D eigenvalue weighted by Gasteiger charge is 2.33. The van der Waals surface area contributed by atoms with Crippen LogP contribution in [0, 0.1) is 12.7 Å². The highest BCUT2D eigenvalue weighted by Crippen LogP contribution is 2.28. The normalized spacial score (nSPS) is 14.7. The fraction of sp³-hybridized carbons (Fsp3) is 0.120. The first-order chi connectivity index (χ1) is 15.4. The number of aryl methyl sites for hydroxylation is 1. The quantitative estimate of drug-likeness (QED) is 0.360. The van der Waals surface area contributed by atoms with Gasteiger partial charge >= 0.3 is 6.03 Å². The number of benzene rings is 3. The van der Waals surface area contributed by atoms with E-state index in [1.807, 2.05) is 49.4 Å². The predicted molar refractivity (Wildman–Crippen MR) is 123 cm³/mol. The fourth-order valence-electron chi connectivity index (χ4n) is 3.37. The van der Waals surface area contributed by atoms with Crippen LogP contribution in [0.5, 0.6) is 5.75 Å². The summed E-state index contributed by atoms with van der Waals surface area (Å²) in [5.74, 6) is -0.246. The van der Waals surface area contributed by atoms with Gasteiger partial charge in [-0.05, 0) is 54.5 Å². The number of nitrogens with one attached hydrogen (secondary N) is 1. The molecule has 3 aromatic rings. The second-order valence-electron chi connectivity index (χ2n) is 7.47. The van der Waals surface area contributed by atoms with Crippen LogP contribution in [0.2, 0.25) is 0 Å². The van der Waals surface area contributed by atoms with E-state index < -0.39 is 11.9 Å². The molecule has 1 aliphatic heterocycles. The number of imide groups is 1. The summed E-state index contributed by atoms with van der Waals surface area (Å²) < 4.78 is 19.9. The van der Waals surface area contributed by atoms with Gasteiger partial charge < -0.3 is 10.1 Å². The Balaban J connectivity index is 1.55. The van der Waals surface area contributed by atoms with Gasteiger partial charge in [-0.1, -0.05) is 57.9 Å². The van der Waals surface area contributed by atoms with Crippen LogP contribution in [-0.4, -0.2) is 16.8 Å². The van der Waals surface area contributed by atoms with Crippen LogP contribution in [0.25, 0.3) is 6.08 Å². The average Bonchev–Trinajstić information content (AvgIpc) is 3.02. The molecule has 0 unspecified atom stereocenters. The lowest BCUT2D eigenvalue weighted by Crippen LogP contribution is -2.30. The molecule has 0 atom stereocenters. The fourth-order valence-corrected chi connectivity index (χ4v) is 3.75. The van der Waals surface area contributed by atoms with Gasteiger partial charge in [0.15, 0.2) is 0 Å². The Morgan fingerprint density at radius 3 is 2.56 bits per heavy atom. The molecule has 7 heteroatoms. The van der Waals surface area contributed by atoms with Gasteiger partial charge in [0, 0.05) is 10.0 Å². The number of hydrogen-bond donors (Lipinski definition) is 1. The van der Waals surface area contributed by atoms with E-state index in [1.165, 1.54) is 12.1 Å². The summed E-state index contributed by atoms with van der Waals surface area (Å²) in [6, 6.07) is 18.7. The lowest BCUT2D eigenvalue weighted by atomic mass is 10.1. The zero-order valence-electron chi connectivity index (χ0n) is 17.3. The summed E-state index contributed by atoms with van der Waals surface area (Å²) in [4.78, 5) is 26.3. The second-order valence-corrected chi connectivity index (χ2v) is 8.38. The van der Waals surface area contributed by atoms with Gasteiger partial charge in [0.25, 0.3) is 5.91 Å². The zero-order valence-corrected chi connectivity index (χ0v) is 18.9. The van der Waals surface area contributed by atoms with Gasteiger partial charge in [-0.3, -0.25) is 9.69 Å². The number of carbonyl (C=O) groups is 2. The molecule has 3 amide bonds. The van der Waals surface area contributed by atoms with Crippen molar-refractivity contribution in [2.75, 3.05) is 0 Å². The summed E-state index contributed by atoms with van der Waals surface area (Å²) in [6.07, 6.45) is 1.60. The Morgan fingerprint density at radius 1 is 1.03 bits per heavy atom. The summed E-state index contributed by atoms with van der Waals surface area (Å²) in [5, 5.41) is 2.62. The van der Waals surface area contributed by atoms with Gasteiger partial charge in [0.2, 0.25) is 0 Å². The van der Waals surface area contributed by atoms with Crippen molar-refractivity contribution in [2.24, 2.45) is 0 Å². The van der Waals surface area contributed by atoms with Crippen molar-refractivity contribution < 1.29 is 18.7 Å². The first-order valence-corrected chi connectivity index (χ1v) is 10.8. The average molecular weight is 495 g/mol. The molecule has 1 N–H and O–H groups in total. The Morgan fingerprint density at radius 2 is 1.81 bits per heavy atom. The molecule has 1 fully saturated rings. The molecule has 162 valence electrons. The van der Waals surface area contributed by atoms with Crippen LogP contribution in [0.1, 0.15) is 22.3 Å². The summed E-state index contributed by atoms with van der Waals surface area (Å²) in [5.41, 5.74) is 3.63. The molecule has 0 aliphatic carbocycles. The molecule has 5 nitrogen and oxygen atoms in total. The molecule has 0 bridgehead atoms. The Labute approximate surface area is 193 Å². The van der Waals surface area contributed by atoms with Gasteiger partial charge in [-0.2, -0.15) is 0 Å². The van der Waals surface area contributed by atoms with Gasteiger partial charge in [-0.25, -0.2) is 9.18 Å². The van der Waals surface area contributed by atoms with Crippen LogP contribution < -0.4 is 10.1 Å². The molecule has 4 rings (SSSR count). The third-order valence-electron chi connectivity index (χ3n) is 4.96. The minimum absolute atomic E-state index is 0.0531. The van der Waals surface area contributed by atoms with Crippen molar-refractivity contribution in [2.45, 2.75) is 20.1 Å². The molecule has 0 saturated carbocycles. The molecule has 1 heterocycles. The molecule has 0 radical (unpaired) electrons. The van der Waals surface area contributed by atoms with Crippen LogP contribution >= 0.6 is 15.9 Å². The van der Waals surface area contributed by atoms with E-state index in [4.69, 9.17) is 4.74 Å². The molecule has 32 heavy (non-hydrogen) atoms. The van der Waals surface area contributed by atoms with Crippen molar-refractivity contribution in [3.05, 3.63) is 105 Å². The number of rotatable bonds is 6. The molecule has 1 aliphatic rings. The molecule has 1 saturated heterocycles. The van der Waals surface area contributed by atoms with E-state index >= 15 is 0 Å². The van der Waals surface area contributed by atoms with Crippen LogP contribution in [0.4, 0.5) is 9.18 Å². The van der Waals surface area contributed by atoms with Crippen molar-refractivity contribution in [1.29, 1.82) is 0 Å². The minimum atomic E-state index is -0.525.